The van der Waals surface area contributed by atoms with Crippen molar-refractivity contribution in [1.82, 2.24) is 15.1 Å². The number of rotatable bonds is 3. The standard InChI is InChI=1S/C16H27N5OS/c1-17-16(18-12-14-13-19(2)9-10-22-14)21-7-5-20(6-8-21)15-4-3-11-23-15/h3-4,11,14H,5-10,12-13H2,1-2H3,(H,17,18). The Morgan fingerprint density at radius 1 is 1.35 bits per heavy atom. The molecule has 1 unspecified atom stereocenters. The molecular formula is C16H27N5OS. The highest BCUT2D eigenvalue weighted by molar-refractivity contribution is 7.14. The summed E-state index contributed by atoms with van der Waals surface area (Å²) in [6, 6.07) is 4.32. The normalized spacial score (nSPS) is 24.1. The largest absolute Gasteiger partial charge is 0.374 e. The van der Waals surface area contributed by atoms with Crippen LogP contribution >= 0.6 is 11.3 Å². The fraction of sp³-hybridized carbons (Fsp3) is 0.688. The minimum absolute atomic E-state index is 0.248. The van der Waals surface area contributed by atoms with Gasteiger partial charge in [-0.05, 0) is 24.6 Å². The second-order valence-corrected chi connectivity index (χ2v) is 7.03. The summed E-state index contributed by atoms with van der Waals surface area (Å²) in [6.07, 6.45) is 0.248. The molecule has 2 aliphatic rings. The number of hydrogen-bond acceptors (Lipinski definition) is 5. The molecule has 0 aromatic carbocycles. The van der Waals surface area contributed by atoms with Gasteiger partial charge in [0.2, 0.25) is 0 Å². The van der Waals surface area contributed by atoms with Gasteiger partial charge >= 0.3 is 0 Å². The topological polar surface area (TPSA) is 43.3 Å². The number of anilines is 1. The first-order valence-electron chi connectivity index (χ1n) is 8.30. The number of hydrogen-bond donors (Lipinski definition) is 1. The lowest BCUT2D eigenvalue weighted by Crippen LogP contribution is -2.54. The van der Waals surface area contributed by atoms with E-state index in [4.69, 9.17) is 4.74 Å². The smallest absolute Gasteiger partial charge is 0.193 e. The molecule has 2 aliphatic heterocycles. The van der Waals surface area contributed by atoms with E-state index in [1.54, 1.807) is 0 Å². The van der Waals surface area contributed by atoms with Crippen molar-refractivity contribution in [2.24, 2.45) is 4.99 Å². The minimum atomic E-state index is 0.248. The van der Waals surface area contributed by atoms with Crippen LogP contribution in [0.15, 0.2) is 22.5 Å². The third-order valence-electron chi connectivity index (χ3n) is 4.44. The van der Waals surface area contributed by atoms with Crippen LogP contribution in [0.4, 0.5) is 5.00 Å². The molecule has 3 rings (SSSR count). The fourth-order valence-electron chi connectivity index (χ4n) is 3.12. The predicted octanol–water partition coefficient (Wildman–Crippen LogP) is 0.776. The predicted molar refractivity (Wildman–Crippen MR) is 96.7 cm³/mol. The Kier molecular flexibility index (Phi) is 5.75. The summed E-state index contributed by atoms with van der Waals surface area (Å²) >= 11 is 1.81. The Bertz CT molecular complexity index is 499. The number of aliphatic imine (C=N–C) groups is 1. The molecule has 2 saturated heterocycles. The third kappa shape index (κ3) is 4.37. The Hall–Kier alpha value is -1.31. The van der Waals surface area contributed by atoms with E-state index in [1.807, 2.05) is 18.4 Å². The van der Waals surface area contributed by atoms with Gasteiger partial charge in [-0.2, -0.15) is 0 Å². The summed E-state index contributed by atoms with van der Waals surface area (Å²) in [5, 5.41) is 7.00. The quantitative estimate of drug-likeness (QED) is 0.652. The van der Waals surface area contributed by atoms with Crippen LogP contribution in [0.2, 0.25) is 0 Å². The number of thiophene rings is 1. The molecule has 7 heteroatoms. The van der Waals surface area contributed by atoms with Crippen molar-refractivity contribution in [3.63, 3.8) is 0 Å². The van der Waals surface area contributed by atoms with Crippen LogP contribution in [-0.2, 0) is 4.74 Å². The molecule has 0 bridgehead atoms. The highest BCUT2D eigenvalue weighted by atomic mass is 32.1. The van der Waals surface area contributed by atoms with E-state index in [9.17, 15) is 0 Å². The maximum atomic E-state index is 5.81. The summed E-state index contributed by atoms with van der Waals surface area (Å²) < 4.78 is 5.81. The number of guanidine groups is 1. The van der Waals surface area contributed by atoms with Gasteiger partial charge in [0.15, 0.2) is 5.96 Å². The minimum Gasteiger partial charge on any atom is -0.374 e. The van der Waals surface area contributed by atoms with Crippen molar-refractivity contribution in [3.05, 3.63) is 17.5 Å². The second kappa shape index (κ2) is 7.99. The SMILES string of the molecule is CN=C(NCC1CN(C)CCO1)N1CCN(c2cccs2)CC1. The Morgan fingerprint density at radius 2 is 2.17 bits per heavy atom. The van der Waals surface area contributed by atoms with E-state index in [2.05, 4.69) is 49.6 Å². The lowest BCUT2D eigenvalue weighted by molar-refractivity contribution is -0.0163. The van der Waals surface area contributed by atoms with E-state index in [0.29, 0.717) is 0 Å². The van der Waals surface area contributed by atoms with Gasteiger partial charge in [0.1, 0.15) is 0 Å². The monoisotopic (exact) mass is 337 g/mol. The number of likely N-dealkylation sites (N-methyl/N-ethyl adjacent to an activating group) is 1. The second-order valence-electron chi connectivity index (χ2n) is 6.11. The zero-order valence-electron chi connectivity index (χ0n) is 14.1. The summed E-state index contributed by atoms with van der Waals surface area (Å²) in [4.78, 5) is 11.6. The van der Waals surface area contributed by atoms with E-state index < -0.39 is 0 Å². The van der Waals surface area contributed by atoms with E-state index in [1.165, 1.54) is 5.00 Å². The molecule has 23 heavy (non-hydrogen) atoms. The van der Waals surface area contributed by atoms with Crippen molar-refractivity contribution < 1.29 is 4.74 Å². The molecule has 1 aromatic rings. The lowest BCUT2D eigenvalue weighted by Gasteiger charge is -2.37. The van der Waals surface area contributed by atoms with Crippen LogP contribution in [0.5, 0.6) is 0 Å². The van der Waals surface area contributed by atoms with Crippen LogP contribution in [0.3, 0.4) is 0 Å². The molecule has 1 aromatic heterocycles. The van der Waals surface area contributed by atoms with Gasteiger partial charge < -0.3 is 24.8 Å². The van der Waals surface area contributed by atoms with Crippen LogP contribution in [-0.4, -0.2) is 88.4 Å². The molecule has 0 saturated carbocycles. The van der Waals surface area contributed by atoms with E-state index >= 15 is 0 Å². The molecule has 0 spiro atoms. The van der Waals surface area contributed by atoms with Gasteiger partial charge in [0, 0.05) is 52.9 Å². The van der Waals surface area contributed by atoms with Gasteiger partial charge in [0.25, 0.3) is 0 Å². The number of piperazine rings is 1. The molecule has 1 atom stereocenters. The Labute approximate surface area is 142 Å². The van der Waals surface area contributed by atoms with Crippen molar-refractivity contribution in [1.29, 1.82) is 0 Å². The maximum absolute atomic E-state index is 5.81. The Morgan fingerprint density at radius 3 is 2.83 bits per heavy atom. The first-order valence-corrected chi connectivity index (χ1v) is 9.18. The third-order valence-corrected chi connectivity index (χ3v) is 5.37. The highest BCUT2D eigenvalue weighted by Gasteiger charge is 2.22. The Balaban J connectivity index is 1.46. The zero-order valence-corrected chi connectivity index (χ0v) is 14.9. The summed E-state index contributed by atoms with van der Waals surface area (Å²) in [6.45, 7) is 7.74. The number of nitrogens with zero attached hydrogens (tertiary/aromatic N) is 4. The maximum Gasteiger partial charge on any atom is 0.193 e. The van der Waals surface area contributed by atoms with Crippen molar-refractivity contribution in [2.45, 2.75) is 6.10 Å². The summed E-state index contributed by atoms with van der Waals surface area (Å²) in [5.74, 6) is 0.993. The highest BCUT2D eigenvalue weighted by Crippen LogP contribution is 2.22. The van der Waals surface area contributed by atoms with Crippen LogP contribution in [0.1, 0.15) is 0 Å². The molecule has 6 nitrogen and oxygen atoms in total. The molecule has 3 heterocycles. The van der Waals surface area contributed by atoms with Crippen molar-refractivity contribution in [3.8, 4) is 0 Å². The van der Waals surface area contributed by atoms with Crippen LogP contribution in [0.25, 0.3) is 0 Å². The summed E-state index contributed by atoms with van der Waals surface area (Å²) in [5.41, 5.74) is 0. The molecule has 1 N–H and O–H groups in total. The first kappa shape index (κ1) is 16.5. The molecular weight excluding hydrogens is 310 g/mol. The van der Waals surface area contributed by atoms with E-state index in [0.717, 1.165) is 58.4 Å². The van der Waals surface area contributed by atoms with Gasteiger partial charge in [-0.1, -0.05) is 0 Å². The van der Waals surface area contributed by atoms with Crippen LogP contribution < -0.4 is 10.2 Å². The van der Waals surface area contributed by atoms with Gasteiger partial charge in [-0.15, -0.1) is 11.3 Å². The molecule has 0 aliphatic carbocycles. The van der Waals surface area contributed by atoms with E-state index in [-0.39, 0.29) is 6.10 Å². The lowest BCUT2D eigenvalue weighted by atomic mass is 10.3. The van der Waals surface area contributed by atoms with Crippen LogP contribution in [0, 0.1) is 0 Å². The first-order chi connectivity index (χ1) is 11.3. The van der Waals surface area contributed by atoms with Gasteiger partial charge in [-0.3, -0.25) is 4.99 Å². The van der Waals surface area contributed by atoms with Crippen molar-refractivity contribution >= 4 is 22.3 Å². The number of ether oxygens (including phenoxy) is 1. The van der Waals surface area contributed by atoms with Gasteiger partial charge in [0.05, 0.1) is 17.7 Å². The molecule has 2 fully saturated rings. The van der Waals surface area contributed by atoms with Gasteiger partial charge in [-0.25, -0.2) is 0 Å². The average molecular weight is 337 g/mol. The number of morpholine rings is 1. The fourth-order valence-corrected chi connectivity index (χ4v) is 3.90. The molecule has 0 radical (unpaired) electrons. The average Bonchev–Trinajstić information content (AvgIpc) is 3.11. The summed E-state index contributed by atoms with van der Waals surface area (Å²) in [7, 11) is 4.01. The van der Waals surface area contributed by atoms with Crippen molar-refractivity contribution in [2.75, 3.05) is 71.4 Å². The molecule has 0 amide bonds. The zero-order chi connectivity index (χ0) is 16.1. The number of nitrogens with one attached hydrogen (secondary N) is 1. The molecule has 128 valence electrons.